The molecule has 0 aliphatic heterocycles. The van der Waals surface area contributed by atoms with E-state index in [2.05, 4.69) is 9.97 Å². The number of fused-ring (bicyclic) bond motifs is 1. The van der Waals surface area contributed by atoms with Crippen LogP contribution in [-0.2, 0) is 0 Å². The molecule has 0 saturated heterocycles. The molecular weight excluding hydrogens is 230 g/mol. The number of halogens is 3. The van der Waals surface area contributed by atoms with Crippen molar-refractivity contribution in [1.82, 2.24) is 9.97 Å². The Hall–Kier alpha value is -0.570. The molecule has 1 aromatic heterocycles. The maximum absolute atomic E-state index is 5.90. The largest absolute Gasteiger partial charge is 0.226 e. The summed E-state index contributed by atoms with van der Waals surface area (Å²) >= 11 is 17.4. The van der Waals surface area contributed by atoms with Crippen molar-refractivity contribution in [1.29, 1.82) is 0 Å². The molecule has 66 valence electrons. The van der Waals surface area contributed by atoms with Gasteiger partial charge in [0.05, 0.1) is 15.6 Å². The maximum Gasteiger partial charge on any atom is 0.222 e. The first-order chi connectivity index (χ1) is 6.18. The Balaban J connectivity index is 2.92. The van der Waals surface area contributed by atoms with Crippen LogP contribution in [0.15, 0.2) is 18.3 Å². The molecule has 0 atom stereocenters. The van der Waals surface area contributed by atoms with Gasteiger partial charge in [0.1, 0.15) is 0 Å². The molecule has 0 unspecified atom stereocenters. The Morgan fingerprint density at radius 2 is 1.69 bits per heavy atom. The molecule has 5 heteroatoms. The van der Waals surface area contributed by atoms with Crippen molar-refractivity contribution in [3.05, 3.63) is 33.7 Å². The van der Waals surface area contributed by atoms with E-state index < -0.39 is 0 Å². The molecule has 1 aromatic carbocycles. The summed E-state index contributed by atoms with van der Waals surface area (Å²) in [7, 11) is 0. The van der Waals surface area contributed by atoms with Gasteiger partial charge in [-0.2, -0.15) is 0 Å². The highest BCUT2D eigenvalue weighted by Gasteiger charge is 2.05. The van der Waals surface area contributed by atoms with Crippen LogP contribution in [0.1, 0.15) is 0 Å². The van der Waals surface area contributed by atoms with Crippen molar-refractivity contribution in [3.8, 4) is 0 Å². The highest BCUT2D eigenvalue weighted by molar-refractivity contribution is 6.40. The van der Waals surface area contributed by atoms with E-state index in [1.807, 2.05) is 0 Å². The highest BCUT2D eigenvalue weighted by atomic mass is 35.5. The smallest absolute Gasteiger partial charge is 0.222 e. The molecule has 0 radical (unpaired) electrons. The van der Waals surface area contributed by atoms with Gasteiger partial charge < -0.3 is 0 Å². The number of aromatic nitrogens is 2. The molecule has 0 aliphatic rings. The quantitative estimate of drug-likeness (QED) is 0.650. The summed E-state index contributed by atoms with van der Waals surface area (Å²) in [4.78, 5) is 7.79. The van der Waals surface area contributed by atoms with Gasteiger partial charge in [0.25, 0.3) is 0 Å². The monoisotopic (exact) mass is 232 g/mol. The fourth-order valence-electron chi connectivity index (χ4n) is 1.03. The molecule has 0 N–H and O–H groups in total. The summed E-state index contributed by atoms with van der Waals surface area (Å²) in [5.41, 5.74) is 0.578. The van der Waals surface area contributed by atoms with Crippen LogP contribution in [0.3, 0.4) is 0 Å². The fourth-order valence-corrected chi connectivity index (χ4v) is 1.57. The number of hydrogen-bond donors (Lipinski definition) is 0. The molecule has 0 amide bonds. The first-order valence-corrected chi connectivity index (χ1v) is 4.58. The van der Waals surface area contributed by atoms with Crippen LogP contribution in [0, 0.1) is 0 Å². The van der Waals surface area contributed by atoms with E-state index in [0.29, 0.717) is 20.9 Å². The van der Waals surface area contributed by atoms with E-state index in [0.717, 1.165) is 0 Å². The van der Waals surface area contributed by atoms with Crippen molar-refractivity contribution in [2.24, 2.45) is 0 Å². The van der Waals surface area contributed by atoms with Gasteiger partial charge in [-0.25, -0.2) is 9.97 Å². The lowest BCUT2D eigenvalue weighted by Crippen LogP contribution is -1.85. The van der Waals surface area contributed by atoms with Crippen molar-refractivity contribution in [3.63, 3.8) is 0 Å². The topological polar surface area (TPSA) is 25.8 Å². The van der Waals surface area contributed by atoms with Gasteiger partial charge in [0.15, 0.2) is 0 Å². The lowest BCUT2D eigenvalue weighted by atomic mass is 10.2. The molecule has 0 saturated carbocycles. The second kappa shape index (κ2) is 3.29. The zero-order valence-corrected chi connectivity index (χ0v) is 8.53. The predicted molar refractivity (Wildman–Crippen MR) is 54.6 cm³/mol. The third-order valence-corrected chi connectivity index (χ3v) is 2.44. The molecule has 0 spiro atoms. The van der Waals surface area contributed by atoms with Gasteiger partial charge in [-0.1, -0.05) is 23.2 Å². The van der Waals surface area contributed by atoms with Gasteiger partial charge in [-0.05, 0) is 23.7 Å². The van der Waals surface area contributed by atoms with Crippen molar-refractivity contribution in [2.45, 2.75) is 0 Å². The minimum absolute atomic E-state index is 0.164. The van der Waals surface area contributed by atoms with E-state index in [1.54, 1.807) is 18.3 Å². The summed E-state index contributed by atoms with van der Waals surface area (Å²) in [5.74, 6) is 0. The van der Waals surface area contributed by atoms with Crippen LogP contribution in [0.5, 0.6) is 0 Å². The Morgan fingerprint density at radius 3 is 2.46 bits per heavy atom. The maximum atomic E-state index is 5.90. The van der Waals surface area contributed by atoms with Crippen LogP contribution in [0.4, 0.5) is 0 Å². The zero-order chi connectivity index (χ0) is 9.42. The first kappa shape index (κ1) is 9.00. The summed E-state index contributed by atoms with van der Waals surface area (Å²) in [6.07, 6.45) is 1.55. The third-order valence-electron chi connectivity index (χ3n) is 1.62. The van der Waals surface area contributed by atoms with Crippen molar-refractivity contribution >= 4 is 45.7 Å². The van der Waals surface area contributed by atoms with E-state index in [4.69, 9.17) is 34.8 Å². The van der Waals surface area contributed by atoms with Crippen molar-refractivity contribution in [2.75, 3.05) is 0 Å². The minimum atomic E-state index is 0.164. The normalized spacial score (nSPS) is 10.7. The van der Waals surface area contributed by atoms with Crippen LogP contribution >= 0.6 is 34.8 Å². The van der Waals surface area contributed by atoms with Crippen LogP contribution in [0.2, 0.25) is 15.3 Å². The molecule has 0 bridgehead atoms. The Bertz CT molecular complexity index is 470. The van der Waals surface area contributed by atoms with E-state index >= 15 is 0 Å². The molecule has 1 heterocycles. The standard InChI is InChI=1S/C8H3Cl3N2/c9-5-1-2-6(10)7-4(5)3-12-8(11)13-7/h1-3H. The van der Waals surface area contributed by atoms with Gasteiger partial charge in [0.2, 0.25) is 5.28 Å². The second-order valence-corrected chi connectivity index (χ2v) is 3.58. The van der Waals surface area contributed by atoms with Crippen molar-refractivity contribution < 1.29 is 0 Å². The SMILES string of the molecule is Clc1ncc2c(Cl)ccc(Cl)c2n1. The molecular formula is C8H3Cl3N2. The summed E-state index contributed by atoms with van der Waals surface area (Å²) in [5, 5.41) is 1.95. The number of rotatable bonds is 0. The van der Waals surface area contributed by atoms with Crippen LogP contribution in [0.25, 0.3) is 10.9 Å². The van der Waals surface area contributed by atoms with Crippen LogP contribution < -0.4 is 0 Å². The number of hydrogen-bond acceptors (Lipinski definition) is 2. The summed E-state index contributed by atoms with van der Waals surface area (Å²) < 4.78 is 0. The molecule has 0 aliphatic carbocycles. The molecule has 13 heavy (non-hydrogen) atoms. The molecule has 2 aromatic rings. The Labute approximate surface area is 89.5 Å². The van der Waals surface area contributed by atoms with Gasteiger partial charge in [-0.3, -0.25) is 0 Å². The molecule has 2 rings (SSSR count). The fraction of sp³-hybridized carbons (Fsp3) is 0. The molecule has 2 nitrogen and oxygen atoms in total. The van der Waals surface area contributed by atoms with Gasteiger partial charge in [-0.15, -0.1) is 0 Å². The number of benzene rings is 1. The first-order valence-electron chi connectivity index (χ1n) is 3.45. The average molecular weight is 233 g/mol. The second-order valence-electron chi connectivity index (χ2n) is 2.43. The van der Waals surface area contributed by atoms with E-state index in [-0.39, 0.29) is 5.28 Å². The predicted octanol–water partition coefficient (Wildman–Crippen LogP) is 3.59. The average Bonchev–Trinajstić information content (AvgIpc) is 2.12. The van der Waals surface area contributed by atoms with Gasteiger partial charge >= 0.3 is 0 Å². The highest BCUT2D eigenvalue weighted by Crippen LogP contribution is 2.28. The lowest BCUT2D eigenvalue weighted by molar-refractivity contribution is 1.22. The van der Waals surface area contributed by atoms with Gasteiger partial charge in [0, 0.05) is 11.6 Å². The third kappa shape index (κ3) is 1.57. The lowest BCUT2D eigenvalue weighted by Gasteiger charge is -2.00. The van der Waals surface area contributed by atoms with Crippen LogP contribution in [-0.4, -0.2) is 9.97 Å². The van der Waals surface area contributed by atoms with E-state index in [9.17, 15) is 0 Å². The Morgan fingerprint density at radius 1 is 1.00 bits per heavy atom. The Kier molecular flexibility index (Phi) is 2.28. The summed E-state index contributed by atoms with van der Waals surface area (Å²) in [6.45, 7) is 0. The number of nitrogens with zero attached hydrogens (tertiary/aromatic N) is 2. The molecule has 0 fully saturated rings. The summed E-state index contributed by atoms with van der Waals surface area (Å²) in [6, 6.07) is 3.37. The van der Waals surface area contributed by atoms with E-state index in [1.165, 1.54) is 0 Å². The zero-order valence-electron chi connectivity index (χ0n) is 6.26. The minimum Gasteiger partial charge on any atom is -0.226 e.